The van der Waals surface area contributed by atoms with Crippen LogP contribution in [0.2, 0.25) is 0 Å². The summed E-state index contributed by atoms with van der Waals surface area (Å²) < 4.78 is 27.8. The summed E-state index contributed by atoms with van der Waals surface area (Å²) in [5.41, 5.74) is 1.05. The van der Waals surface area contributed by atoms with E-state index in [2.05, 4.69) is 10.0 Å². The van der Waals surface area contributed by atoms with Gasteiger partial charge in [-0.3, -0.25) is 4.79 Å². The van der Waals surface area contributed by atoms with Crippen molar-refractivity contribution in [3.63, 3.8) is 0 Å². The van der Waals surface area contributed by atoms with Crippen LogP contribution in [-0.2, 0) is 14.8 Å². The molecule has 7 nitrogen and oxygen atoms in total. The fraction of sp³-hybridized carbons (Fsp3) is 0.467. The number of anilines is 1. The number of hydrogen-bond donors (Lipinski definition) is 2. The molecule has 23 heavy (non-hydrogen) atoms. The molecule has 0 spiro atoms. The lowest BCUT2D eigenvalue weighted by atomic mass is 10.2. The first-order valence-corrected chi connectivity index (χ1v) is 8.91. The zero-order valence-corrected chi connectivity index (χ0v) is 14.0. The molecule has 2 N–H and O–H groups in total. The van der Waals surface area contributed by atoms with Crippen molar-refractivity contribution in [2.45, 2.75) is 37.6 Å². The van der Waals surface area contributed by atoms with Gasteiger partial charge in [-0.15, -0.1) is 0 Å². The maximum absolute atomic E-state index is 12.6. The number of likely N-dealkylation sites (tertiary alicyclic amines) is 1. The van der Waals surface area contributed by atoms with Gasteiger partial charge in [0.05, 0.1) is 4.90 Å². The average Bonchev–Trinajstić information content (AvgIpc) is 2.95. The molecule has 0 unspecified atom stereocenters. The molecule has 1 aliphatic rings. The molecule has 1 amide bonds. The molecule has 0 aromatic heterocycles. The van der Waals surface area contributed by atoms with Crippen molar-refractivity contribution >= 4 is 21.6 Å². The Morgan fingerprint density at radius 3 is 2.83 bits per heavy atom. The van der Waals surface area contributed by atoms with Crippen LogP contribution in [0.5, 0.6) is 0 Å². The van der Waals surface area contributed by atoms with Gasteiger partial charge in [0.2, 0.25) is 15.9 Å². The van der Waals surface area contributed by atoms with Crippen LogP contribution in [0.15, 0.2) is 23.1 Å². The number of nitrogens with one attached hydrogen (secondary N) is 2. The second kappa shape index (κ2) is 6.98. The topological polar surface area (TPSA) is 102 Å². The fourth-order valence-electron chi connectivity index (χ4n) is 2.45. The number of aryl methyl sites for hydroxylation is 1. The average molecular weight is 336 g/mol. The van der Waals surface area contributed by atoms with Crippen molar-refractivity contribution in [2.24, 2.45) is 0 Å². The van der Waals surface area contributed by atoms with Crippen LogP contribution in [0.4, 0.5) is 5.69 Å². The van der Waals surface area contributed by atoms with Crippen LogP contribution >= 0.6 is 0 Å². The van der Waals surface area contributed by atoms with E-state index in [1.165, 1.54) is 11.0 Å². The van der Waals surface area contributed by atoms with E-state index in [0.29, 0.717) is 37.2 Å². The van der Waals surface area contributed by atoms with E-state index >= 15 is 0 Å². The van der Waals surface area contributed by atoms with Crippen molar-refractivity contribution in [3.05, 3.63) is 23.8 Å². The minimum absolute atomic E-state index is 0.141. The Balaban J connectivity index is 2.20. The first kappa shape index (κ1) is 17.2. The molecule has 1 aromatic carbocycles. The number of amides is 1. The Hall–Kier alpha value is -2.11. The van der Waals surface area contributed by atoms with Gasteiger partial charge in [-0.2, -0.15) is 5.26 Å². The van der Waals surface area contributed by atoms with Crippen molar-refractivity contribution in [1.29, 1.82) is 5.26 Å². The van der Waals surface area contributed by atoms with Gasteiger partial charge in [-0.25, -0.2) is 13.1 Å². The van der Waals surface area contributed by atoms with Crippen LogP contribution in [0.1, 0.15) is 25.3 Å². The standard InChI is InChI=1S/C15H20N4O3S/c1-3-15(20)17-12-5-4-11(2)14(8-12)23(21,22)18-13-6-7-19(9-13)10-16/h4-5,8,13,18H,3,6-7,9H2,1-2H3,(H,17,20)/t13-/m1/s1. The highest BCUT2D eigenvalue weighted by Gasteiger charge is 2.27. The highest BCUT2D eigenvalue weighted by molar-refractivity contribution is 7.89. The van der Waals surface area contributed by atoms with Gasteiger partial charge >= 0.3 is 0 Å². The SMILES string of the molecule is CCC(=O)Nc1ccc(C)c(S(=O)(=O)N[C@@H]2CCN(C#N)C2)c1. The van der Waals surface area contributed by atoms with Crippen LogP contribution < -0.4 is 10.0 Å². The molecule has 1 aliphatic heterocycles. The molecule has 8 heteroatoms. The lowest BCUT2D eigenvalue weighted by Crippen LogP contribution is -2.36. The normalized spacial score (nSPS) is 17.8. The quantitative estimate of drug-likeness (QED) is 0.786. The van der Waals surface area contributed by atoms with Gasteiger partial charge in [0.15, 0.2) is 6.19 Å². The summed E-state index contributed by atoms with van der Waals surface area (Å²) in [4.78, 5) is 13.1. The number of rotatable bonds is 5. The fourth-order valence-corrected chi connectivity index (χ4v) is 3.98. The number of hydrogen-bond acceptors (Lipinski definition) is 5. The van der Waals surface area contributed by atoms with Crippen molar-refractivity contribution in [3.8, 4) is 6.19 Å². The number of nitriles is 1. The minimum Gasteiger partial charge on any atom is -0.326 e. The second-order valence-corrected chi connectivity index (χ2v) is 7.22. The van der Waals surface area contributed by atoms with Gasteiger partial charge in [0.25, 0.3) is 0 Å². The zero-order valence-electron chi connectivity index (χ0n) is 13.2. The largest absolute Gasteiger partial charge is 0.326 e. The number of carbonyl (C=O) groups excluding carboxylic acids is 1. The molecule has 2 rings (SSSR count). The first-order valence-electron chi connectivity index (χ1n) is 7.43. The molecule has 1 heterocycles. The number of sulfonamides is 1. The third-order valence-electron chi connectivity index (χ3n) is 3.73. The molecule has 1 aromatic rings. The molecule has 1 fully saturated rings. The summed E-state index contributed by atoms with van der Waals surface area (Å²) in [6, 6.07) is 4.51. The van der Waals surface area contributed by atoms with Crippen molar-refractivity contribution in [1.82, 2.24) is 9.62 Å². The van der Waals surface area contributed by atoms with E-state index in [4.69, 9.17) is 5.26 Å². The van der Waals surface area contributed by atoms with Gasteiger partial charge in [-0.1, -0.05) is 13.0 Å². The van der Waals surface area contributed by atoms with Gasteiger partial charge < -0.3 is 10.2 Å². The monoisotopic (exact) mass is 336 g/mol. The van der Waals surface area contributed by atoms with E-state index in [1.54, 1.807) is 26.0 Å². The molecule has 1 atom stereocenters. The minimum atomic E-state index is -3.71. The van der Waals surface area contributed by atoms with Crippen LogP contribution in [-0.4, -0.2) is 38.4 Å². The number of nitrogens with zero attached hydrogens (tertiary/aromatic N) is 2. The lowest BCUT2D eigenvalue weighted by Gasteiger charge is -2.15. The maximum Gasteiger partial charge on any atom is 0.241 e. The van der Waals surface area contributed by atoms with Crippen LogP contribution in [0.25, 0.3) is 0 Å². The van der Waals surface area contributed by atoms with Crippen LogP contribution in [0.3, 0.4) is 0 Å². The van der Waals surface area contributed by atoms with Gasteiger partial charge in [-0.05, 0) is 31.0 Å². The Bertz CT molecular complexity index is 740. The van der Waals surface area contributed by atoms with E-state index in [-0.39, 0.29) is 16.8 Å². The molecular weight excluding hydrogens is 316 g/mol. The Morgan fingerprint density at radius 2 is 2.22 bits per heavy atom. The third-order valence-corrected chi connectivity index (χ3v) is 5.40. The second-order valence-electron chi connectivity index (χ2n) is 5.53. The van der Waals surface area contributed by atoms with Crippen molar-refractivity contribution < 1.29 is 13.2 Å². The van der Waals surface area contributed by atoms with Crippen molar-refractivity contribution in [2.75, 3.05) is 18.4 Å². The molecule has 0 bridgehead atoms. The summed E-state index contributed by atoms with van der Waals surface area (Å²) in [5, 5.41) is 11.5. The summed E-state index contributed by atoms with van der Waals surface area (Å²) >= 11 is 0. The lowest BCUT2D eigenvalue weighted by molar-refractivity contribution is -0.115. The van der Waals surface area contributed by atoms with Gasteiger partial charge in [0.1, 0.15) is 0 Å². The Labute approximate surface area is 136 Å². The molecule has 124 valence electrons. The van der Waals surface area contributed by atoms with Crippen LogP contribution in [0, 0.1) is 18.4 Å². The Kier molecular flexibility index (Phi) is 5.23. The highest BCUT2D eigenvalue weighted by Crippen LogP contribution is 2.21. The van der Waals surface area contributed by atoms with E-state index < -0.39 is 10.0 Å². The van der Waals surface area contributed by atoms with Gasteiger partial charge in [0, 0.05) is 31.2 Å². The highest BCUT2D eigenvalue weighted by atomic mass is 32.2. The predicted octanol–water partition coefficient (Wildman–Crippen LogP) is 1.18. The molecule has 1 saturated heterocycles. The van der Waals surface area contributed by atoms with E-state index in [1.807, 2.05) is 6.19 Å². The first-order chi connectivity index (χ1) is 10.9. The van der Waals surface area contributed by atoms with E-state index in [0.717, 1.165) is 0 Å². The summed E-state index contributed by atoms with van der Waals surface area (Å²) in [7, 11) is -3.71. The number of benzene rings is 1. The smallest absolute Gasteiger partial charge is 0.241 e. The maximum atomic E-state index is 12.6. The third kappa shape index (κ3) is 4.21. The zero-order chi connectivity index (χ0) is 17.0. The molecule has 0 aliphatic carbocycles. The molecule has 0 radical (unpaired) electrons. The molecule has 0 saturated carbocycles. The summed E-state index contributed by atoms with van der Waals surface area (Å²) in [6.07, 6.45) is 2.93. The Morgan fingerprint density at radius 1 is 1.48 bits per heavy atom. The van der Waals surface area contributed by atoms with E-state index in [9.17, 15) is 13.2 Å². The number of carbonyl (C=O) groups is 1. The summed E-state index contributed by atoms with van der Waals surface area (Å²) in [6.45, 7) is 4.36. The molecular formula is C15H20N4O3S. The predicted molar refractivity (Wildman–Crippen MR) is 86.0 cm³/mol. The summed E-state index contributed by atoms with van der Waals surface area (Å²) in [5.74, 6) is -0.175.